The number of morpholine rings is 1. The molecule has 2 unspecified atom stereocenters. The number of aromatic nitrogens is 1. The first-order valence-electron chi connectivity index (χ1n) is 12.5. The lowest BCUT2D eigenvalue weighted by atomic mass is 10.0. The average Bonchev–Trinajstić information content (AvgIpc) is 3.06. The maximum absolute atomic E-state index is 13.3. The number of hydrogen-bond donors (Lipinski definition) is 0. The van der Waals surface area contributed by atoms with Crippen LogP contribution >= 0.6 is 24.0 Å². The fourth-order valence-corrected chi connectivity index (χ4v) is 6.11. The Kier molecular flexibility index (Phi) is 9.56. The number of unbranched alkanes of at least 4 members (excludes halogenated alkanes) is 5. The first kappa shape index (κ1) is 27.4. The van der Waals surface area contributed by atoms with E-state index in [-0.39, 0.29) is 29.2 Å². The minimum absolute atomic E-state index is 0.00631. The highest BCUT2D eigenvalue weighted by molar-refractivity contribution is 8.26. The van der Waals surface area contributed by atoms with Crippen LogP contribution in [0.2, 0.25) is 0 Å². The van der Waals surface area contributed by atoms with Crippen LogP contribution in [0.15, 0.2) is 9.70 Å². The maximum atomic E-state index is 13.3. The van der Waals surface area contributed by atoms with Crippen molar-refractivity contribution in [1.82, 2.24) is 9.47 Å². The fourth-order valence-electron chi connectivity index (χ4n) is 4.82. The highest BCUT2D eigenvalue weighted by Gasteiger charge is 2.33. The molecule has 2 saturated heterocycles. The Morgan fingerprint density at radius 2 is 1.77 bits per heavy atom. The zero-order chi connectivity index (χ0) is 25.7. The van der Waals surface area contributed by atoms with Gasteiger partial charge >= 0.3 is 0 Å². The number of carbonyl (C=O) groups excluding carboxylic acids is 1. The van der Waals surface area contributed by atoms with E-state index in [1.807, 2.05) is 19.9 Å². The van der Waals surface area contributed by atoms with E-state index < -0.39 is 0 Å². The van der Waals surface area contributed by atoms with Crippen LogP contribution < -0.4 is 10.5 Å². The Labute approximate surface area is 218 Å². The van der Waals surface area contributed by atoms with E-state index >= 15 is 0 Å². The number of nitriles is 1. The minimum Gasteiger partial charge on any atom is -0.372 e. The standard InChI is InChI=1S/C26H36N4O3S2/c1-6-7-8-9-10-11-12-30-25(32)22(35-26(30)34)13-20-19(4)21(14-27)24(31)28(5)23(20)29-15-17(2)33-18(3)16-29/h13,17-18H,6-12,15-16H2,1-5H3/b22-13-. The molecule has 0 bridgehead atoms. The molecule has 3 rings (SSSR count). The molecule has 190 valence electrons. The molecule has 2 aliphatic rings. The van der Waals surface area contributed by atoms with Crippen LogP contribution in [-0.2, 0) is 16.6 Å². The molecule has 2 aliphatic heterocycles. The molecule has 2 fully saturated rings. The third kappa shape index (κ3) is 6.16. The lowest BCUT2D eigenvalue weighted by molar-refractivity contribution is -0.122. The molecular weight excluding hydrogens is 480 g/mol. The SMILES string of the molecule is CCCCCCCCN1C(=O)/C(=C/c2c(C)c(C#N)c(=O)n(C)c2N2CC(C)OC(C)C2)SC1=S. The van der Waals surface area contributed by atoms with Crippen molar-refractivity contribution in [3.63, 3.8) is 0 Å². The lowest BCUT2D eigenvalue weighted by Crippen LogP contribution is -2.47. The highest BCUT2D eigenvalue weighted by Crippen LogP contribution is 2.36. The van der Waals surface area contributed by atoms with Gasteiger partial charge in [0.1, 0.15) is 21.8 Å². The molecule has 1 aromatic heterocycles. The Bertz CT molecular complexity index is 1100. The molecular formula is C26H36N4O3S2. The number of rotatable bonds is 9. The van der Waals surface area contributed by atoms with Gasteiger partial charge in [0.15, 0.2) is 0 Å². The van der Waals surface area contributed by atoms with Crippen LogP contribution in [0.3, 0.4) is 0 Å². The summed E-state index contributed by atoms with van der Waals surface area (Å²) in [6, 6.07) is 2.06. The summed E-state index contributed by atoms with van der Waals surface area (Å²) in [6.07, 6.45) is 8.67. The Morgan fingerprint density at radius 1 is 1.14 bits per heavy atom. The number of anilines is 1. The Balaban J connectivity index is 1.94. The van der Waals surface area contributed by atoms with Crippen LogP contribution in [0, 0.1) is 18.3 Å². The quantitative estimate of drug-likeness (QED) is 0.266. The van der Waals surface area contributed by atoms with Gasteiger partial charge in [0.25, 0.3) is 11.5 Å². The van der Waals surface area contributed by atoms with Gasteiger partial charge in [0, 0.05) is 32.2 Å². The van der Waals surface area contributed by atoms with Gasteiger partial charge in [0.2, 0.25) is 0 Å². The van der Waals surface area contributed by atoms with Gasteiger partial charge in [-0.1, -0.05) is 63.0 Å². The molecule has 0 spiro atoms. The van der Waals surface area contributed by atoms with Crippen LogP contribution in [0.4, 0.5) is 5.82 Å². The molecule has 0 radical (unpaired) electrons. The van der Waals surface area contributed by atoms with Crippen molar-refractivity contribution in [3.8, 4) is 6.07 Å². The van der Waals surface area contributed by atoms with Gasteiger partial charge < -0.3 is 9.64 Å². The van der Waals surface area contributed by atoms with Crippen molar-refractivity contribution >= 4 is 46.1 Å². The topological polar surface area (TPSA) is 78.6 Å². The molecule has 1 aromatic rings. The van der Waals surface area contributed by atoms with Gasteiger partial charge in [-0.3, -0.25) is 19.1 Å². The first-order valence-corrected chi connectivity index (χ1v) is 13.7. The minimum atomic E-state index is -0.334. The lowest BCUT2D eigenvalue weighted by Gasteiger charge is -2.38. The molecule has 0 N–H and O–H groups in total. The predicted octanol–water partition coefficient (Wildman–Crippen LogP) is 4.74. The van der Waals surface area contributed by atoms with Gasteiger partial charge in [-0.15, -0.1) is 0 Å². The molecule has 3 heterocycles. The summed E-state index contributed by atoms with van der Waals surface area (Å²) in [5.41, 5.74) is 1.06. The second-order valence-electron chi connectivity index (χ2n) is 9.48. The highest BCUT2D eigenvalue weighted by atomic mass is 32.2. The number of carbonyl (C=O) groups is 1. The predicted molar refractivity (Wildman–Crippen MR) is 147 cm³/mol. The smallest absolute Gasteiger partial charge is 0.270 e. The van der Waals surface area contributed by atoms with Crippen molar-refractivity contribution in [1.29, 1.82) is 5.26 Å². The second kappa shape index (κ2) is 12.2. The van der Waals surface area contributed by atoms with Crippen molar-refractivity contribution in [2.75, 3.05) is 24.5 Å². The number of hydrogen-bond acceptors (Lipinski definition) is 7. The zero-order valence-corrected chi connectivity index (χ0v) is 23.1. The van der Waals surface area contributed by atoms with Crippen molar-refractivity contribution < 1.29 is 9.53 Å². The zero-order valence-electron chi connectivity index (χ0n) is 21.4. The summed E-state index contributed by atoms with van der Waals surface area (Å²) in [5, 5.41) is 9.69. The molecule has 7 nitrogen and oxygen atoms in total. The molecule has 9 heteroatoms. The van der Waals surface area contributed by atoms with E-state index in [1.54, 1.807) is 18.9 Å². The molecule has 1 amide bonds. The largest absolute Gasteiger partial charge is 0.372 e. The number of ether oxygens (including phenoxy) is 1. The van der Waals surface area contributed by atoms with Gasteiger partial charge in [0.05, 0.1) is 17.1 Å². The number of thioether (sulfide) groups is 1. The summed E-state index contributed by atoms with van der Waals surface area (Å²) >= 11 is 6.83. The molecule has 2 atom stereocenters. The van der Waals surface area contributed by atoms with E-state index in [0.717, 1.165) is 12.8 Å². The first-order chi connectivity index (χ1) is 16.7. The van der Waals surface area contributed by atoms with Gasteiger partial charge in [-0.25, -0.2) is 0 Å². The average molecular weight is 517 g/mol. The van der Waals surface area contributed by atoms with Gasteiger partial charge in [-0.2, -0.15) is 5.26 Å². The normalized spacial score (nSPS) is 21.8. The summed E-state index contributed by atoms with van der Waals surface area (Å²) in [4.78, 5) is 30.6. The van der Waals surface area contributed by atoms with Crippen LogP contribution in [0.5, 0.6) is 0 Å². The monoisotopic (exact) mass is 516 g/mol. The fraction of sp³-hybridized carbons (Fsp3) is 0.615. The van der Waals surface area contributed by atoms with Crippen LogP contribution in [-0.4, -0.2) is 51.5 Å². The van der Waals surface area contributed by atoms with E-state index in [0.29, 0.717) is 45.8 Å². The number of thiocarbonyl (C=S) groups is 1. The van der Waals surface area contributed by atoms with E-state index in [1.165, 1.54) is 42.0 Å². The summed E-state index contributed by atoms with van der Waals surface area (Å²) in [6.45, 7) is 9.83. The van der Waals surface area contributed by atoms with Gasteiger partial charge in [-0.05, 0) is 38.8 Å². The van der Waals surface area contributed by atoms with E-state index in [9.17, 15) is 14.9 Å². The van der Waals surface area contributed by atoms with Crippen molar-refractivity contribution in [3.05, 3.63) is 31.9 Å². The summed E-state index contributed by atoms with van der Waals surface area (Å²) in [5.74, 6) is 0.602. The third-order valence-electron chi connectivity index (χ3n) is 6.57. The molecule has 0 saturated carbocycles. The van der Waals surface area contributed by atoms with Crippen molar-refractivity contribution in [2.45, 2.75) is 78.4 Å². The summed E-state index contributed by atoms with van der Waals surface area (Å²) in [7, 11) is 1.68. The van der Waals surface area contributed by atoms with E-state index in [4.69, 9.17) is 17.0 Å². The Hall–Kier alpha value is -2.15. The molecule has 0 aliphatic carbocycles. The molecule has 35 heavy (non-hydrogen) atoms. The summed E-state index contributed by atoms with van der Waals surface area (Å²) < 4.78 is 7.98. The van der Waals surface area contributed by atoms with Crippen LogP contribution in [0.25, 0.3) is 6.08 Å². The Morgan fingerprint density at radius 3 is 2.40 bits per heavy atom. The van der Waals surface area contributed by atoms with Crippen molar-refractivity contribution in [2.24, 2.45) is 7.05 Å². The number of nitrogens with zero attached hydrogens (tertiary/aromatic N) is 4. The molecule has 0 aromatic carbocycles. The number of pyridine rings is 1. The van der Waals surface area contributed by atoms with Crippen LogP contribution in [0.1, 0.15) is 76.0 Å². The second-order valence-corrected chi connectivity index (χ2v) is 11.2. The third-order valence-corrected chi connectivity index (χ3v) is 7.95. The number of amides is 1. The maximum Gasteiger partial charge on any atom is 0.270 e. The van der Waals surface area contributed by atoms with E-state index in [2.05, 4.69) is 17.9 Å².